The second-order valence-corrected chi connectivity index (χ2v) is 4.65. The Morgan fingerprint density at radius 3 is 2.35 bits per heavy atom. The third-order valence-corrected chi connectivity index (χ3v) is 2.99. The van der Waals surface area contributed by atoms with E-state index in [1.807, 2.05) is 19.3 Å². The average Bonchev–Trinajstić information content (AvgIpc) is 2.63. The van der Waals surface area contributed by atoms with E-state index >= 15 is 0 Å². The molecule has 2 aromatic rings. The van der Waals surface area contributed by atoms with Gasteiger partial charge in [-0.2, -0.15) is 0 Å². The van der Waals surface area contributed by atoms with Gasteiger partial charge in [0.1, 0.15) is 5.82 Å². The van der Waals surface area contributed by atoms with E-state index in [0.717, 1.165) is 12.4 Å². The Balaban J connectivity index is 2.20. The third-order valence-electron chi connectivity index (χ3n) is 2.99. The Labute approximate surface area is 102 Å². The molecule has 2 rings (SSSR count). The van der Waals surface area contributed by atoms with E-state index in [-0.39, 0.29) is 6.04 Å². The summed E-state index contributed by atoms with van der Waals surface area (Å²) in [5.74, 6) is 1.00. The van der Waals surface area contributed by atoms with Crippen LogP contribution in [0.3, 0.4) is 0 Å². The molecule has 0 aliphatic rings. The first-order valence-corrected chi connectivity index (χ1v) is 5.88. The molecule has 1 heterocycles. The summed E-state index contributed by atoms with van der Waals surface area (Å²) in [4.78, 5) is 4.21. The summed E-state index contributed by atoms with van der Waals surface area (Å²) < 4.78 is 2.09. The van der Waals surface area contributed by atoms with Gasteiger partial charge in [0.2, 0.25) is 0 Å². The summed E-state index contributed by atoms with van der Waals surface area (Å²) in [6.07, 6.45) is 3.78. The van der Waals surface area contributed by atoms with E-state index in [9.17, 15) is 0 Å². The zero-order valence-corrected chi connectivity index (χ0v) is 10.6. The fourth-order valence-corrected chi connectivity index (χ4v) is 2.14. The highest BCUT2D eigenvalue weighted by Crippen LogP contribution is 2.17. The average molecular weight is 229 g/mol. The first-order valence-electron chi connectivity index (χ1n) is 5.88. The summed E-state index contributed by atoms with van der Waals surface area (Å²) >= 11 is 0. The van der Waals surface area contributed by atoms with Gasteiger partial charge < -0.3 is 10.3 Å². The van der Waals surface area contributed by atoms with Crippen molar-refractivity contribution in [1.29, 1.82) is 0 Å². The number of aryl methyl sites for hydroxylation is 3. The lowest BCUT2D eigenvalue weighted by Crippen LogP contribution is -2.18. The number of nitrogens with zero attached hydrogens (tertiary/aromatic N) is 2. The van der Waals surface area contributed by atoms with Crippen LogP contribution in [0.4, 0.5) is 0 Å². The number of benzene rings is 1. The Morgan fingerprint density at radius 2 is 1.82 bits per heavy atom. The Bertz CT molecular complexity index is 494. The minimum Gasteiger partial charge on any atom is -0.333 e. The van der Waals surface area contributed by atoms with Crippen LogP contribution in [-0.2, 0) is 6.54 Å². The molecular weight excluding hydrogens is 210 g/mol. The second kappa shape index (κ2) is 4.72. The second-order valence-electron chi connectivity index (χ2n) is 4.65. The molecule has 0 saturated carbocycles. The number of aromatic nitrogens is 2. The maximum absolute atomic E-state index is 6.24. The summed E-state index contributed by atoms with van der Waals surface area (Å²) in [7, 11) is 0. The summed E-state index contributed by atoms with van der Waals surface area (Å²) in [5.41, 5.74) is 9.96. The predicted octanol–water partition coefficient (Wildman–Crippen LogP) is 2.51. The summed E-state index contributed by atoms with van der Waals surface area (Å²) in [6, 6.07) is 6.49. The lowest BCUT2D eigenvalue weighted by Gasteiger charge is -2.15. The van der Waals surface area contributed by atoms with Crippen molar-refractivity contribution in [1.82, 2.24) is 9.55 Å². The van der Waals surface area contributed by atoms with Crippen molar-refractivity contribution in [2.75, 3.05) is 0 Å². The normalized spacial score (nSPS) is 12.7. The Hall–Kier alpha value is -1.61. The van der Waals surface area contributed by atoms with Crippen molar-refractivity contribution in [2.24, 2.45) is 5.73 Å². The molecule has 1 atom stereocenters. The third kappa shape index (κ3) is 2.74. The topological polar surface area (TPSA) is 43.8 Å². The number of nitrogens with two attached hydrogens (primary N) is 1. The van der Waals surface area contributed by atoms with Gasteiger partial charge in [0.05, 0.1) is 0 Å². The van der Waals surface area contributed by atoms with Gasteiger partial charge in [-0.15, -0.1) is 0 Å². The van der Waals surface area contributed by atoms with E-state index in [1.54, 1.807) is 0 Å². The standard InChI is InChI=1S/C14H19N3/c1-10-6-11(2)8-13(7-10)14(15)9-17-5-4-16-12(17)3/h4-8,14H,9,15H2,1-3H3. The Kier molecular flexibility index (Phi) is 3.29. The van der Waals surface area contributed by atoms with Crippen LogP contribution in [0.15, 0.2) is 30.6 Å². The molecule has 3 nitrogen and oxygen atoms in total. The Morgan fingerprint density at radius 1 is 1.18 bits per heavy atom. The van der Waals surface area contributed by atoms with Gasteiger partial charge in [-0.3, -0.25) is 0 Å². The molecule has 0 amide bonds. The number of imidazole rings is 1. The molecule has 0 aliphatic carbocycles. The SMILES string of the molecule is Cc1cc(C)cc(C(N)Cn2ccnc2C)c1. The smallest absolute Gasteiger partial charge is 0.105 e. The van der Waals surface area contributed by atoms with E-state index in [2.05, 4.69) is 41.6 Å². The highest BCUT2D eigenvalue weighted by atomic mass is 15.1. The lowest BCUT2D eigenvalue weighted by atomic mass is 10.0. The molecule has 90 valence electrons. The number of rotatable bonds is 3. The maximum Gasteiger partial charge on any atom is 0.105 e. The monoisotopic (exact) mass is 229 g/mol. The van der Waals surface area contributed by atoms with Gasteiger partial charge in [-0.1, -0.05) is 29.3 Å². The van der Waals surface area contributed by atoms with E-state index in [0.29, 0.717) is 0 Å². The van der Waals surface area contributed by atoms with Crippen molar-refractivity contribution in [3.63, 3.8) is 0 Å². The van der Waals surface area contributed by atoms with Crippen LogP contribution >= 0.6 is 0 Å². The van der Waals surface area contributed by atoms with Crippen LogP contribution in [0.25, 0.3) is 0 Å². The molecule has 1 aromatic carbocycles. The molecule has 1 aromatic heterocycles. The first-order chi connectivity index (χ1) is 8.06. The van der Waals surface area contributed by atoms with Crippen molar-refractivity contribution < 1.29 is 0 Å². The molecule has 0 radical (unpaired) electrons. The maximum atomic E-state index is 6.24. The van der Waals surface area contributed by atoms with Crippen molar-refractivity contribution >= 4 is 0 Å². The van der Waals surface area contributed by atoms with Crippen LogP contribution in [0.5, 0.6) is 0 Å². The van der Waals surface area contributed by atoms with E-state index in [1.165, 1.54) is 16.7 Å². The molecular formula is C14H19N3. The van der Waals surface area contributed by atoms with Crippen molar-refractivity contribution in [3.05, 3.63) is 53.1 Å². The van der Waals surface area contributed by atoms with Gasteiger partial charge >= 0.3 is 0 Å². The van der Waals surface area contributed by atoms with Crippen LogP contribution in [-0.4, -0.2) is 9.55 Å². The molecule has 3 heteroatoms. The van der Waals surface area contributed by atoms with Crippen LogP contribution in [0, 0.1) is 20.8 Å². The van der Waals surface area contributed by atoms with Crippen molar-refractivity contribution in [3.8, 4) is 0 Å². The minimum atomic E-state index is 0.0153. The zero-order valence-electron chi connectivity index (χ0n) is 10.6. The van der Waals surface area contributed by atoms with Crippen molar-refractivity contribution in [2.45, 2.75) is 33.4 Å². The zero-order chi connectivity index (χ0) is 12.4. The van der Waals surface area contributed by atoms with Gasteiger partial charge in [-0.05, 0) is 26.3 Å². The summed E-state index contributed by atoms with van der Waals surface area (Å²) in [5, 5.41) is 0. The molecule has 1 unspecified atom stereocenters. The van der Waals surface area contributed by atoms with Gasteiger partial charge in [0.25, 0.3) is 0 Å². The molecule has 0 fully saturated rings. The largest absolute Gasteiger partial charge is 0.333 e. The molecule has 0 aliphatic heterocycles. The highest BCUT2D eigenvalue weighted by Gasteiger charge is 2.09. The quantitative estimate of drug-likeness (QED) is 0.878. The van der Waals surface area contributed by atoms with E-state index in [4.69, 9.17) is 5.73 Å². The van der Waals surface area contributed by atoms with Gasteiger partial charge in [0.15, 0.2) is 0 Å². The molecule has 17 heavy (non-hydrogen) atoms. The molecule has 2 N–H and O–H groups in total. The van der Waals surface area contributed by atoms with Crippen LogP contribution < -0.4 is 5.73 Å². The number of hydrogen-bond donors (Lipinski definition) is 1. The predicted molar refractivity (Wildman–Crippen MR) is 69.8 cm³/mol. The fourth-order valence-electron chi connectivity index (χ4n) is 2.14. The van der Waals surface area contributed by atoms with Gasteiger partial charge in [-0.25, -0.2) is 4.98 Å². The fraction of sp³-hybridized carbons (Fsp3) is 0.357. The number of hydrogen-bond acceptors (Lipinski definition) is 2. The molecule has 0 bridgehead atoms. The molecule has 0 saturated heterocycles. The first kappa shape index (κ1) is 11.9. The summed E-state index contributed by atoms with van der Waals surface area (Å²) in [6.45, 7) is 6.97. The highest BCUT2D eigenvalue weighted by molar-refractivity contribution is 5.30. The van der Waals surface area contributed by atoms with Gasteiger partial charge in [0, 0.05) is 25.0 Å². The minimum absolute atomic E-state index is 0.0153. The lowest BCUT2D eigenvalue weighted by molar-refractivity contribution is 0.564. The van der Waals surface area contributed by atoms with Crippen LogP contribution in [0.1, 0.15) is 28.6 Å². The van der Waals surface area contributed by atoms with E-state index < -0.39 is 0 Å². The molecule has 0 spiro atoms. The van der Waals surface area contributed by atoms with Crippen LogP contribution in [0.2, 0.25) is 0 Å².